The van der Waals surface area contributed by atoms with Crippen LogP contribution in [0.15, 0.2) is 53.7 Å². The van der Waals surface area contributed by atoms with E-state index in [-0.39, 0.29) is 23.6 Å². The first kappa shape index (κ1) is 25.6. The van der Waals surface area contributed by atoms with E-state index in [1.54, 1.807) is 48.1 Å². The molecule has 0 radical (unpaired) electrons. The Hall–Kier alpha value is -3.04. The Bertz CT molecular complexity index is 1150. The Morgan fingerprint density at radius 2 is 1.82 bits per heavy atom. The lowest BCUT2D eigenvalue weighted by Crippen LogP contribution is -2.31. The molecule has 0 aliphatic rings. The summed E-state index contributed by atoms with van der Waals surface area (Å²) in [5, 5.41) is 15.4. The molecule has 0 aliphatic carbocycles. The van der Waals surface area contributed by atoms with Crippen LogP contribution < -0.4 is 15.4 Å². The number of thioether (sulfide) groups is 1. The number of aromatic nitrogens is 3. The number of amides is 2. The van der Waals surface area contributed by atoms with E-state index in [0.29, 0.717) is 45.3 Å². The third kappa shape index (κ3) is 6.51. The SMILES string of the molecule is COc1ccccc1NC(=O)CSc1nnc([C@@H](CC(C)C)NC(=O)c2ccccc2Cl)n1C. The Kier molecular flexibility index (Phi) is 8.95. The first-order valence-corrected chi connectivity index (χ1v) is 12.2. The van der Waals surface area contributed by atoms with Gasteiger partial charge < -0.3 is 19.9 Å². The van der Waals surface area contributed by atoms with E-state index in [2.05, 4.69) is 34.7 Å². The highest BCUT2D eigenvalue weighted by Crippen LogP contribution is 2.26. The summed E-state index contributed by atoms with van der Waals surface area (Å²) >= 11 is 7.46. The van der Waals surface area contributed by atoms with Gasteiger partial charge in [0.1, 0.15) is 5.75 Å². The molecule has 0 bridgehead atoms. The molecule has 10 heteroatoms. The quantitative estimate of drug-likeness (QED) is 0.390. The summed E-state index contributed by atoms with van der Waals surface area (Å²) < 4.78 is 7.08. The fourth-order valence-corrected chi connectivity index (χ4v) is 4.34. The number of benzene rings is 2. The summed E-state index contributed by atoms with van der Waals surface area (Å²) in [6.07, 6.45) is 0.668. The zero-order valence-corrected chi connectivity index (χ0v) is 21.1. The topological polar surface area (TPSA) is 98.1 Å². The van der Waals surface area contributed by atoms with Crippen molar-refractivity contribution in [3.05, 3.63) is 64.9 Å². The average Bonchev–Trinajstić information content (AvgIpc) is 3.17. The molecule has 34 heavy (non-hydrogen) atoms. The van der Waals surface area contributed by atoms with Gasteiger partial charge in [0.25, 0.3) is 5.91 Å². The number of rotatable bonds is 10. The van der Waals surface area contributed by atoms with Crippen LogP contribution in [0.1, 0.15) is 42.5 Å². The summed E-state index contributed by atoms with van der Waals surface area (Å²) in [6, 6.07) is 13.8. The predicted octanol–water partition coefficient (Wildman–Crippen LogP) is 4.73. The minimum absolute atomic E-state index is 0.144. The smallest absolute Gasteiger partial charge is 0.253 e. The zero-order valence-electron chi connectivity index (χ0n) is 19.5. The fraction of sp³-hybridized carbons (Fsp3) is 0.333. The molecule has 3 aromatic rings. The Morgan fingerprint density at radius 3 is 2.53 bits per heavy atom. The number of para-hydroxylation sites is 2. The van der Waals surface area contributed by atoms with Gasteiger partial charge in [0, 0.05) is 7.05 Å². The van der Waals surface area contributed by atoms with Crippen molar-refractivity contribution in [3.63, 3.8) is 0 Å². The highest BCUT2D eigenvalue weighted by molar-refractivity contribution is 7.99. The van der Waals surface area contributed by atoms with E-state index in [9.17, 15) is 9.59 Å². The van der Waals surface area contributed by atoms with Crippen molar-refractivity contribution >= 4 is 40.9 Å². The van der Waals surface area contributed by atoms with Crippen molar-refractivity contribution in [2.24, 2.45) is 13.0 Å². The third-order valence-electron chi connectivity index (χ3n) is 5.02. The van der Waals surface area contributed by atoms with Gasteiger partial charge in [-0.2, -0.15) is 0 Å². The van der Waals surface area contributed by atoms with Gasteiger partial charge in [-0.25, -0.2) is 0 Å². The van der Waals surface area contributed by atoms with Gasteiger partial charge in [-0.15, -0.1) is 10.2 Å². The van der Waals surface area contributed by atoms with Crippen molar-refractivity contribution in [1.29, 1.82) is 0 Å². The monoisotopic (exact) mass is 501 g/mol. The van der Waals surface area contributed by atoms with Crippen molar-refractivity contribution in [3.8, 4) is 5.75 Å². The standard InChI is InChI=1S/C24H28ClN5O3S/c1-15(2)13-19(27-23(32)16-9-5-6-10-17(16)25)22-28-29-24(30(22)3)34-14-21(31)26-18-11-7-8-12-20(18)33-4/h5-12,15,19H,13-14H2,1-4H3,(H,26,31)(H,27,32)/t19-/m1/s1. The summed E-state index contributed by atoms with van der Waals surface area (Å²) in [7, 11) is 3.38. The molecule has 2 N–H and O–H groups in total. The van der Waals surface area contributed by atoms with Gasteiger partial charge in [-0.3, -0.25) is 9.59 Å². The summed E-state index contributed by atoms with van der Waals surface area (Å²) in [5.74, 6) is 1.19. The van der Waals surface area contributed by atoms with Gasteiger partial charge >= 0.3 is 0 Å². The van der Waals surface area contributed by atoms with Gasteiger partial charge in [0.2, 0.25) is 5.91 Å². The molecule has 0 saturated heterocycles. The molecule has 0 unspecified atom stereocenters. The van der Waals surface area contributed by atoms with Crippen LogP contribution in [0, 0.1) is 5.92 Å². The largest absolute Gasteiger partial charge is 0.495 e. The van der Waals surface area contributed by atoms with Crippen LogP contribution in [0.25, 0.3) is 0 Å². The lowest BCUT2D eigenvalue weighted by Gasteiger charge is -2.20. The Balaban J connectivity index is 1.69. The number of hydrogen-bond donors (Lipinski definition) is 2. The molecule has 1 aromatic heterocycles. The molecule has 0 spiro atoms. The summed E-state index contributed by atoms with van der Waals surface area (Å²) in [5.41, 5.74) is 1.01. The van der Waals surface area contributed by atoms with Crippen LogP contribution in [-0.4, -0.2) is 39.4 Å². The predicted molar refractivity (Wildman–Crippen MR) is 134 cm³/mol. The van der Waals surface area contributed by atoms with Crippen LogP contribution in [0.4, 0.5) is 5.69 Å². The molecule has 0 aliphatic heterocycles. The number of hydrogen-bond acceptors (Lipinski definition) is 6. The molecule has 2 aromatic carbocycles. The molecule has 1 atom stereocenters. The zero-order chi connectivity index (χ0) is 24.7. The molecule has 180 valence electrons. The van der Waals surface area contributed by atoms with Crippen LogP contribution in [-0.2, 0) is 11.8 Å². The summed E-state index contributed by atoms with van der Waals surface area (Å²) in [6.45, 7) is 4.14. The van der Waals surface area contributed by atoms with E-state index < -0.39 is 0 Å². The molecule has 1 heterocycles. The molecule has 2 amide bonds. The van der Waals surface area contributed by atoms with Gasteiger partial charge in [0.05, 0.1) is 35.2 Å². The van der Waals surface area contributed by atoms with Crippen molar-refractivity contribution in [2.75, 3.05) is 18.2 Å². The lowest BCUT2D eigenvalue weighted by molar-refractivity contribution is -0.113. The molecular formula is C24H28ClN5O3S. The van der Waals surface area contributed by atoms with Gasteiger partial charge in [0.15, 0.2) is 11.0 Å². The van der Waals surface area contributed by atoms with Crippen LogP contribution in [0.2, 0.25) is 5.02 Å². The van der Waals surface area contributed by atoms with Gasteiger partial charge in [-0.1, -0.05) is 61.5 Å². The summed E-state index contributed by atoms with van der Waals surface area (Å²) in [4.78, 5) is 25.3. The second-order valence-electron chi connectivity index (χ2n) is 8.07. The minimum atomic E-state index is -0.363. The van der Waals surface area contributed by atoms with E-state index in [0.717, 1.165) is 0 Å². The number of halogens is 1. The van der Waals surface area contributed by atoms with Crippen LogP contribution in [0.5, 0.6) is 5.75 Å². The van der Waals surface area contributed by atoms with E-state index in [1.807, 2.05) is 19.2 Å². The third-order valence-corrected chi connectivity index (χ3v) is 6.37. The van der Waals surface area contributed by atoms with E-state index in [1.165, 1.54) is 11.8 Å². The second-order valence-corrected chi connectivity index (χ2v) is 9.42. The fourth-order valence-electron chi connectivity index (χ4n) is 3.40. The molecule has 3 rings (SSSR count). The number of nitrogens with zero attached hydrogens (tertiary/aromatic N) is 3. The molecular weight excluding hydrogens is 474 g/mol. The Labute approximate surface area is 208 Å². The molecule has 0 fully saturated rings. The highest BCUT2D eigenvalue weighted by atomic mass is 35.5. The van der Waals surface area contributed by atoms with E-state index in [4.69, 9.17) is 16.3 Å². The lowest BCUT2D eigenvalue weighted by atomic mass is 10.0. The van der Waals surface area contributed by atoms with Gasteiger partial charge in [-0.05, 0) is 36.6 Å². The maximum absolute atomic E-state index is 12.9. The van der Waals surface area contributed by atoms with Crippen molar-refractivity contribution in [1.82, 2.24) is 20.1 Å². The first-order chi connectivity index (χ1) is 16.3. The van der Waals surface area contributed by atoms with Crippen LogP contribution in [0.3, 0.4) is 0 Å². The number of carbonyl (C=O) groups is 2. The first-order valence-electron chi connectivity index (χ1n) is 10.8. The highest BCUT2D eigenvalue weighted by Gasteiger charge is 2.24. The normalized spacial score (nSPS) is 11.8. The maximum Gasteiger partial charge on any atom is 0.253 e. The minimum Gasteiger partial charge on any atom is -0.495 e. The van der Waals surface area contributed by atoms with Crippen LogP contribution >= 0.6 is 23.4 Å². The number of carbonyl (C=O) groups excluding carboxylic acids is 2. The number of anilines is 1. The van der Waals surface area contributed by atoms with Crippen molar-refractivity contribution in [2.45, 2.75) is 31.5 Å². The second kappa shape index (κ2) is 11.9. The number of nitrogens with one attached hydrogen (secondary N) is 2. The Morgan fingerprint density at radius 1 is 1.12 bits per heavy atom. The van der Waals surface area contributed by atoms with Crippen molar-refractivity contribution < 1.29 is 14.3 Å². The molecule has 8 nitrogen and oxygen atoms in total. The maximum atomic E-state index is 12.9. The number of ether oxygens (including phenoxy) is 1. The molecule has 0 saturated carbocycles. The van der Waals surface area contributed by atoms with E-state index >= 15 is 0 Å². The number of methoxy groups -OCH3 is 1. The average molecular weight is 502 g/mol.